The molecule has 2 fully saturated rings. The second kappa shape index (κ2) is 2.89. The summed E-state index contributed by atoms with van der Waals surface area (Å²) < 4.78 is 0. The molecule has 1 N–H and O–H groups in total. The van der Waals surface area contributed by atoms with Crippen LogP contribution < -0.4 is 5.43 Å². The Labute approximate surface area is 62.6 Å². The summed E-state index contributed by atoms with van der Waals surface area (Å²) in [6.45, 7) is 2.49. The molecule has 2 aliphatic rings. The normalized spacial score (nSPS) is 30.0. The predicted molar refractivity (Wildman–Crippen MR) is 41.6 cm³/mol. The Morgan fingerprint density at radius 2 is 1.80 bits per heavy atom. The molecular weight excluding hydrogens is 124 g/mol. The molecule has 1 aliphatic carbocycles. The smallest absolute Gasteiger partial charge is 0.0273 e. The van der Waals surface area contributed by atoms with Crippen LogP contribution in [0.1, 0.15) is 32.1 Å². The van der Waals surface area contributed by atoms with E-state index in [2.05, 4.69) is 10.4 Å². The number of nitrogens with zero attached hydrogens (tertiary/aromatic N) is 1. The third-order valence-corrected chi connectivity index (χ3v) is 2.68. The minimum absolute atomic E-state index is 0.877. The van der Waals surface area contributed by atoms with Crippen molar-refractivity contribution >= 4 is 0 Å². The van der Waals surface area contributed by atoms with E-state index in [9.17, 15) is 0 Å². The molecule has 0 radical (unpaired) electrons. The molecule has 1 aliphatic heterocycles. The van der Waals surface area contributed by atoms with Gasteiger partial charge in [0.25, 0.3) is 0 Å². The SMILES string of the molecule is C1CCC(N2CCN2)CC1. The molecule has 0 bridgehead atoms. The largest absolute Gasteiger partial charge is 0.254 e. The van der Waals surface area contributed by atoms with E-state index in [4.69, 9.17) is 0 Å². The maximum Gasteiger partial charge on any atom is 0.0273 e. The van der Waals surface area contributed by atoms with Crippen molar-refractivity contribution in [1.82, 2.24) is 10.4 Å². The van der Waals surface area contributed by atoms with Crippen molar-refractivity contribution in [2.24, 2.45) is 0 Å². The van der Waals surface area contributed by atoms with Gasteiger partial charge in [-0.2, -0.15) is 0 Å². The molecule has 0 aromatic carbocycles. The second-order valence-electron chi connectivity index (χ2n) is 3.39. The lowest BCUT2D eigenvalue weighted by Gasteiger charge is -2.40. The summed E-state index contributed by atoms with van der Waals surface area (Å²) >= 11 is 0. The fourth-order valence-electron chi connectivity index (χ4n) is 1.95. The number of nitrogens with one attached hydrogen (secondary N) is 1. The van der Waals surface area contributed by atoms with Gasteiger partial charge < -0.3 is 0 Å². The van der Waals surface area contributed by atoms with Crippen LogP contribution in [0.25, 0.3) is 0 Å². The summed E-state index contributed by atoms with van der Waals surface area (Å²) in [4.78, 5) is 0. The summed E-state index contributed by atoms with van der Waals surface area (Å²) in [5, 5.41) is 2.42. The first kappa shape index (κ1) is 6.62. The van der Waals surface area contributed by atoms with Crippen LogP contribution in [0.15, 0.2) is 0 Å². The molecule has 2 nitrogen and oxygen atoms in total. The maximum atomic E-state index is 3.35. The lowest BCUT2D eigenvalue weighted by molar-refractivity contribution is 0.0292. The predicted octanol–water partition coefficient (Wildman–Crippen LogP) is 1.14. The average Bonchev–Trinajstić information content (AvgIpc) is 1.86. The van der Waals surface area contributed by atoms with Crippen LogP contribution in [0, 0.1) is 0 Å². The monoisotopic (exact) mass is 140 g/mol. The van der Waals surface area contributed by atoms with Gasteiger partial charge in [-0.3, -0.25) is 5.43 Å². The van der Waals surface area contributed by atoms with Gasteiger partial charge in [0.2, 0.25) is 0 Å². The third-order valence-electron chi connectivity index (χ3n) is 2.68. The number of hydrogen-bond acceptors (Lipinski definition) is 2. The Kier molecular flexibility index (Phi) is 1.91. The first-order chi connectivity index (χ1) is 4.97. The van der Waals surface area contributed by atoms with E-state index >= 15 is 0 Å². The molecule has 0 spiro atoms. The lowest BCUT2D eigenvalue weighted by atomic mass is 9.94. The van der Waals surface area contributed by atoms with Gasteiger partial charge in [0.15, 0.2) is 0 Å². The van der Waals surface area contributed by atoms with E-state index in [1.807, 2.05) is 0 Å². The molecule has 10 heavy (non-hydrogen) atoms. The lowest BCUT2D eigenvalue weighted by Crippen LogP contribution is -2.58. The molecular formula is C8H16N2. The van der Waals surface area contributed by atoms with Gasteiger partial charge in [-0.1, -0.05) is 19.3 Å². The van der Waals surface area contributed by atoms with Crippen molar-refractivity contribution in [1.29, 1.82) is 0 Å². The Balaban J connectivity index is 1.78. The van der Waals surface area contributed by atoms with E-state index in [1.165, 1.54) is 45.2 Å². The first-order valence-corrected chi connectivity index (χ1v) is 4.47. The number of hydrogen-bond donors (Lipinski definition) is 1. The average molecular weight is 140 g/mol. The Bertz CT molecular complexity index is 104. The van der Waals surface area contributed by atoms with Crippen molar-refractivity contribution in [3.05, 3.63) is 0 Å². The molecule has 0 atom stereocenters. The van der Waals surface area contributed by atoms with Gasteiger partial charge in [0, 0.05) is 19.1 Å². The van der Waals surface area contributed by atoms with Crippen molar-refractivity contribution in [3.8, 4) is 0 Å². The Hall–Kier alpha value is -0.0800. The highest BCUT2D eigenvalue weighted by atomic mass is 15.6. The molecule has 0 unspecified atom stereocenters. The fourth-order valence-corrected chi connectivity index (χ4v) is 1.95. The van der Waals surface area contributed by atoms with Gasteiger partial charge >= 0.3 is 0 Å². The quantitative estimate of drug-likeness (QED) is 0.587. The molecule has 1 saturated carbocycles. The molecule has 2 rings (SSSR count). The highest BCUT2D eigenvalue weighted by molar-refractivity contribution is 4.77. The maximum absolute atomic E-state index is 3.35. The number of rotatable bonds is 1. The highest BCUT2D eigenvalue weighted by Gasteiger charge is 2.24. The second-order valence-corrected chi connectivity index (χ2v) is 3.39. The van der Waals surface area contributed by atoms with Gasteiger partial charge in [-0.05, 0) is 12.8 Å². The molecule has 0 aromatic heterocycles. The van der Waals surface area contributed by atoms with Crippen LogP contribution in [-0.4, -0.2) is 24.1 Å². The van der Waals surface area contributed by atoms with E-state index in [0.717, 1.165) is 6.04 Å². The highest BCUT2D eigenvalue weighted by Crippen LogP contribution is 2.22. The van der Waals surface area contributed by atoms with E-state index in [1.54, 1.807) is 0 Å². The van der Waals surface area contributed by atoms with Gasteiger partial charge in [-0.15, -0.1) is 0 Å². The zero-order chi connectivity index (χ0) is 6.81. The summed E-state index contributed by atoms with van der Waals surface area (Å²) in [5.74, 6) is 0. The van der Waals surface area contributed by atoms with Crippen molar-refractivity contribution in [2.75, 3.05) is 13.1 Å². The van der Waals surface area contributed by atoms with E-state index in [0.29, 0.717) is 0 Å². The fraction of sp³-hybridized carbons (Fsp3) is 1.00. The van der Waals surface area contributed by atoms with Crippen LogP contribution >= 0.6 is 0 Å². The van der Waals surface area contributed by atoms with Crippen LogP contribution in [0.4, 0.5) is 0 Å². The summed E-state index contributed by atoms with van der Waals surface area (Å²) in [6.07, 6.45) is 7.20. The Morgan fingerprint density at radius 1 is 1.10 bits per heavy atom. The van der Waals surface area contributed by atoms with E-state index < -0.39 is 0 Å². The van der Waals surface area contributed by atoms with Crippen LogP contribution in [-0.2, 0) is 0 Å². The van der Waals surface area contributed by atoms with Gasteiger partial charge in [-0.25, -0.2) is 5.01 Å². The third kappa shape index (κ3) is 1.18. The van der Waals surface area contributed by atoms with Crippen LogP contribution in [0.2, 0.25) is 0 Å². The summed E-state index contributed by atoms with van der Waals surface area (Å²) in [7, 11) is 0. The zero-order valence-corrected chi connectivity index (χ0v) is 6.47. The first-order valence-electron chi connectivity index (χ1n) is 4.47. The zero-order valence-electron chi connectivity index (χ0n) is 6.47. The van der Waals surface area contributed by atoms with Gasteiger partial charge in [0.1, 0.15) is 0 Å². The van der Waals surface area contributed by atoms with E-state index in [-0.39, 0.29) is 0 Å². The minimum atomic E-state index is 0.877. The van der Waals surface area contributed by atoms with Gasteiger partial charge in [0.05, 0.1) is 0 Å². The summed E-state index contributed by atoms with van der Waals surface area (Å²) in [6, 6.07) is 0.877. The van der Waals surface area contributed by atoms with Crippen LogP contribution in [0.5, 0.6) is 0 Å². The number of hydrazine groups is 1. The van der Waals surface area contributed by atoms with Crippen molar-refractivity contribution in [3.63, 3.8) is 0 Å². The topological polar surface area (TPSA) is 15.3 Å². The van der Waals surface area contributed by atoms with Crippen molar-refractivity contribution in [2.45, 2.75) is 38.1 Å². The molecule has 0 amide bonds. The molecule has 58 valence electrons. The molecule has 0 aromatic rings. The molecule has 1 saturated heterocycles. The standard InChI is InChI=1S/C8H16N2/c1-2-4-8(5-3-1)10-7-6-9-10/h8-9H,1-7H2. The summed E-state index contributed by atoms with van der Waals surface area (Å²) in [5.41, 5.74) is 3.35. The van der Waals surface area contributed by atoms with Crippen molar-refractivity contribution < 1.29 is 0 Å². The van der Waals surface area contributed by atoms with Crippen LogP contribution in [0.3, 0.4) is 0 Å². The minimum Gasteiger partial charge on any atom is -0.254 e. The molecule has 1 heterocycles. The Morgan fingerprint density at radius 3 is 2.30 bits per heavy atom. The molecule has 2 heteroatoms.